The predicted molar refractivity (Wildman–Crippen MR) is 148 cm³/mol. The Morgan fingerprint density at radius 3 is 2.34 bits per heavy atom. The minimum absolute atomic E-state index is 0.220. The number of benzene rings is 2. The van der Waals surface area contributed by atoms with Gasteiger partial charge in [-0.1, -0.05) is 49.9 Å². The smallest absolute Gasteiger partial charge is 0.190 e. The van der Waals surface area contributed by atoms with Gasteiger partial charge in [-0.25, -0.2) is 4.99 Å². The van der Waals surface area contributed by atoms with Crippen LogP contribution < -0.4 is 21.3 Å². The van der Waals surface area contributed by atoms with Crippen LogP contribution in [-0.4, -0.2) is 37.1 Å². The maximum absolute atomic E-state index is 14.6. The summed E-state index contributed by atoms with van der Waals surface area (Å²) in [4.78, 5) is 4.46. The summed E-state index contributed by atoms with van der Waals surface area (Å²) in [7, 11) is 0. The monoisotopic (exact) mass is 477 g/mol. The molecule has 0 aliphatic carbocycles. The van der Waals surface area contributed by atoms with Crippen molar-refractivity contribution in [3.05, 3.63) is 72.8 Å². The van der Waals surface area contributed by atoms with E-state index in [0.29, 0.717) is 24.2 Å². The maximum Gasteiger partial charge on any atom is 0.190 e. The van der Waals surface area contributed by atoms with Crippen LogP contribution >= 0.6 is 0 Å². The second-order valence-electron chi connectivity index (χ2n) is 9.30. The van der Waals surface area contributed by atoms with Crippen LogP contribution in [0.25, 0.3) is 16.7 Å². The number of rotatable bonds is 11. The Hall–Kier alpha value is -2.96. The molecule has 2 aromatic rings. The van der Waals surface area contributed by atoms with Gasteiger partial charge in [0, 0.05) is 42.6 Å². The van der Waals surface area contributed by atoms with Gasteiger partial charge in [0.15, 0.2) is 5.95 Å². The van der Waals surface area contributed by atoms with Crippen molar-refractivity contribution >= 4 is 17.1 Å². The van der Waals surface area contributed by atoms with Crippen LogP contribution in [0.2, 0.25) is 0 Å². The first-order chi connectivity index (χ1) is 16.9. The van der Waals surface area contributed by atoms with Crippen molar-refractivity contribution in [1.82, 2.24) is 16.0 Å². The van der Waals surface area contributed by atoms with Crippen molar-refractivity contribution in [1.29, 1.82) is 0 Å². The van der Waals surface area contributed by atoms with Crippen LogP contribution in [0.1, 0.15) is 52.5 Å². The van der Waals surface area contributed by atoms with Crippen molar-refractivity contribution in [3.63, 3.8) is 0 Å². The van der Waals surface area contributed by atoms with Gasteiger partial charge in [-0.2, -0.15) is 4.39 Å². The molecule has 0 saturated carbocycles. The fraction of sp³-hybridized carbons (Fsp3) is 0.414. The number of aliphatic imine (C=N–C) groups is 1. The molecule has 1 fully saturated rings. The Labute approximate surface area is 210 Å². The third-order valence-electron chi connectivity index (χ3n) is 6.58. The normalized spacial score (nSPS) is 19.7. The number of anilines is 1. The molecule has 188 valence electrons. The van der Waals surface area contributed by atoms with Crippen LogP contribution in [0, 0.1) is 0 Å². The highest BCUT2D eigenvalue weighted by Crippen LogP contribution is 2.25. The largest absolute Gasteiger partial charge is 0.360 e. The SMILES string of the molecule is C=CN=C(Nc1ccc(-c2ccc(/C(C)=C(\F)NCCN[C@@H](C)CC)cc2)cc1)C1CCC(C)N1. The molecule has 5 nitrogen and oxygen atoms in total. The fourth-order valence-electron chi connectivity index (χ4n) is 4.15. The third-order valence-corrected chi connectivity index (χ3v) is 6.58. The van der Waals surface area contributed by atoms with Crippen LogP contribution in [0.4, 0.5) is 10.1 Å². The van der Waals surface area contributed by atoms with E-state index in [4.69, 9.17) is 0 Å². The zero-order chi connectivity index (χ0) is 25.2. The molecule has 2 aromatic carbocycles. The van der Waals surface area contributed by atoms with Crippen molar-refractivity contribution in [3.8, 4) is 11.1 Å². The first kappa shape index (κ1) is 26.6. The lowest BCUT2D eigenvalue weighted by atomic mass is 10.0. The molecule has 3 atom stereocenters. The van der Waals surface area contributed by atoms with Crippen LogP contribution in [0.15, 0.2) is 72.3 Å². The lowest BCUT2D eigenvalue weighted by molar-refractivity contribution is 0.496. The maximum atomic E-state index is 14.6. The number of hydrogen-bond acceptors (Lipinski definition) is 4. The van der Waals surface area contributed by atoms with E-state index < -0.39 is 0 Å². The van der Waals surface area contributed by atoms with E-state index in [2.05, 4.69) is 77.9 Å². The molecule has 0 radical (unpaired) electrons. The number of nitrogens with one attached hydrogen (secondary N) is 4. The summed E-state index contributed by atoms with van der Waals surface area (Å²) in [5, 5.41) is 13.2. The Bertz CT molecular complexity index is 1010. The van der Waals surface area contributed by atoms with Gasteiger partial charge in [0.05, 0.1) is 6.04 Å². The van der Waals surface area contributed by atoms with Gasteiger partial charge in [-0.15, -0.1) is 0 Å². The van der Waals surface area contributed by atoms with E-state index in [-0.39, 0.29) is 12.0 Å². The zero-order valence-corrected chi connectivity index (χ0v) is 21.5. The molecule has 1 aliphatic heterocycles. The molecule has 1 aliphatic rings. The Kier molecular flexibility index (Phi) is 10.1. The molecular formula is C29H40FN5. The molecule has 3 rings (SSSR count). The molecule has 4 N–H and O–H groups in total. The van der Waals surface area contributed by atoms with E-state index in [1.807, 2.05) is 31.2 Å². The summed E-state index contributed by atoms with van der Waals surface area (Å²) in [5.41, 5.74) is 4.67. The molecule has 35 heavy (non-hydrogen) atoms. The molecule has 1 heterocycles. The highest BCUT2D eigenvalue weighted by Gasteiger charge is 2.24. The van der Waals surface area contributed by atoms with E-state index in [0.717, 1.165) is 54.0 Å². The summed E-state index contributed by atoms with van der Waals surface area (Å²) in [6.07, 6.45) is 4.85. The fourth-order valence-corrected chi connectivity index (χ4v) is 4.15. The molecule has 2 unspecified atom stereocenters. The van der Waals surface area contributed by atoms with E-state index in [1.165, 1.54) is 0 Å². The lowest BCUT2D eigenvalue weighted by Gasteiger charge is -2.17. The van der Waals surface area contributed by atoms with Gasteiger partial charge >= 0.3 is 0 Å². The van der Waals surface area contributed by atoms with Gasteiger partial charge < -0.3 is 21.3 Å². The second kappa shape index (κ2) is 13.2. The number of nitrogens with zero attached hydrogens (tertiary/aromatic N) is 1. The molecule has 1 saturated heterocycles. The van der Waals surface area contributed by atoms with E-state index in [1.54, 1.807) is 6.20 Å². The van der Waals surface area contributed by atoms with Crippen LogP contribution in [-0.2, 0) is 0 Å². The topological polar surface area (TPSA) is 60.5 Å². The lowest BCUT2D eigenvalue weighted by Crippen LogP contribution is -2.38. The molecular weight excluding hydrogens is 437 g/mol. The summed E-state index contributed by atoms with van der Waals surface area (Å²) < 4.78 is 14.6. The minimum Gasteiger partial charge on any atom is -0.360 e. The molecule has 6 heteroatoms. The van der Waals surface area contributed by atoms with Crippen LogP contribution in [0.5, 0.6) is 0 Å². The summed E-state index contributed by atoms with van der Waals surface area (Å²) in [6, 6.07) is 17.5. The average Bonchev–Trinajstić information content (AvgIpc) is 3.32. The van der Waals surface area contributed by atoms with Gasteiger partial charge in [0.2, 0.25) is 0 Å². The third kappa shape index (κ3) is 7.77. The molecule has 0 spiro atoms. The van der Waals surface area contributed by atoms with Crippen molar-refractivity contribution < 1.29 is 4.39 Å². The Balaban J connectivity index is 1.60. The van der Waals surface area contributed by atoms with Crippen molar-refractivity contribution in [2.24, 2.45) is 4.99 Å². The highest BCUT2D eigenvalue weighted by molar-refractivity contribution is 6.00. The zero-order valence-electron chi connectivity index (χ0n) is 21.5. The van der Waals surface area contributed by atoms with Gasteiger partial charge in [-0.05, 0) is 68.9 Å². The standard InChI is InChI=1S/C29H40FN5/c1-6-20(3)32-18-19-33-28(30)22(5)23-9-11-24(12-10-23)25-13-15-26(16-14-25)35-29(31-7-2)27-17-8-21(4)34-27/h7,9-16,20-21,27,32-34H,2,6,8,17-19H2,1,3-5H3,(H,31,35)/b28-22+/t20-,21?,27?/m0/s1. The quantitative estimate of drug-likeness (QED) is 0.137. The molecule has 0 amide bonds. The first-order valence-corrected chi connectivity index (χ1v) is 12.7. The molecule has 0 aromatic heterocycles. The number of halogens is 1. The predicted octanol–water partition coefficient (Wildman–Crippen LogP) is 6.08. The number of amidine groups is 1. The summed E-state index contributed by atoms with van der Waals surface area (Å²) >= 11 is 0. The highest BCUT2D eigenvalue weighted by atomic mass is 19.1. The van der Waals surface area contributed by atoms with E-state index >= 15 is 0 Å². The minimum atomic E-state index is -0.276. The average molecular weight is 478 g/mol. The number of hydrogen-bond donors (Lipinski definition) is 4. The Morgan fingerprint density at radius 2 is 1.77 bits per heavy atom. The van der Waals surface area contributed by atoms with Crippen molar-refractivity contribution in [2.45, 2.75) is 65.1 Å². The van der Waals surface area contributed by atoms with Crippen LogP contribution in [0.3, 0.4) is 0 Å². The second-order valence-corrected chi connectivity index (χ2v) is 9.30. The first-order valence-electron chi connectivity index (χ1n) is 12.7. The number of allylic oxidation sites excluding steroid dienone is 1. The van der Waals surface area contributed by atoms with Gasteiger partial charge in [0.1, 0.15) is 5.84 Å². The Morgan fingerprint density at radius 1 is 1.11 bits per heavy atom. The van der Waals surface area contributed by atoms with Crippen molar-refractivity contribution in [2.75, 3.05) is 18.4 Å². The molecule has 0 bridgehead atoms. The van der Waals surface area contributed by atoms with Gasteiger partial charge in [-0.3, -0.25) is 0 Å². The van der Waals surface area contributed by atoms with E-state index in [9.17, 15) is 4.39 Å². The summed E-state index contributed by atoms with van der Waals surface area (Å²) in [5.74, 6) is 0.622. The van der Waals surface area contributed by atoms with Gasteiger partial charge in [0.25, 0.3) is 0 Å². The summed E-state index contributed by atoms with van der Waals surface area (Å²) in [6.45, 7) is 13.3.